The molecule has 31 heavy (non-hydrogen) atoms. The molecule has 3 atom stereocenters. The van der Waals surface area contributed by atoms with Crippen molar-refractivity contribution in [1.29, 1.82) is 0 Å². The van der Waals surface area contributed by atoms with E-state index in [1.54, 1.807) is 12.0 Å². The van der Waals surface area contributed by atoms with Crippen LogP contribution in [-0.4, -0.2) is 35.5 Å². The molecule has 1 amide bonds. The van der Waals surface area contributed by atoms with Gasteiger partial charge in [-0.3, -0.25) is 4.79 Å². The molecule has 2 fully saturated rings. The van der Waals surface area contributed by atoms with Gasteiger partial charge < -0.3 is 14.4 Å². The number of fused-ring (bicyclic) bond motifs is 1. The predicted molar refractivity (Wildman–Crippen MR) is 122 cm³/mol. The maximum atomic E-state index is 13.5. The molecule has 5 nitrogen and oxygen atoms in total. The highest BCUT2D eigenvalue weighted by Gasteiger charge is 2.70. The van der Waals surface area contributed by atoms with Crippen molar-refractivity contribution in [3.63, 3.8) is 0 Å². The van der Waals surface area contributed by atoms with Crippen molar-refractivity contribution in [2.45, 2.75) is 103 Å². The molecule has 2 heterocycles. The number of hydrogen-bond donors (Lipinski definition) is 0. The molecule has 0 aliphatic carbocycles. The van der Waals surface area contributed by atoms with Crippen molar-refractivity contribution in [2.75, 3.05) is 7.11 Å². The Balaban J connectivity index is 1.74. The summed E-state index contributed by atoms with van der Waals surface area (Å²) in [7, 11) is 1.64. The Morgan fingerprint density at radius 2 is 1.58 bits per heavy atom. The van der Waals surface area contributed by atoms with Crippen LogP contribution in [0, 0.1) is 5.92 Å². The Morgan fingerprint density at radius 3 is 2.19 bits per heavy atom. The largest absolute Gasteiger partial charge is 0.497 e. The van der Waals surface area contributed by atoms with Gasteiger partial charge in [-0.2, -0.15) is 0 Å². The number of hydrogen-bond acceptors (Lipinski definition) is 4. The third-order valence-corrected chi connectivity index (χ3v) is 6.99. The first kappa shape index (κ1) is 23.6. The van der Waals surface area contributed by atoms with Crippen LogP contribution in [-0.2, 0) is 20.9 Å². The van der Waals surface area contributed by atoms with E-state index in [0.717, 1.165) is 49.8 Å². The number of ether oxygens (including phenoxy) is 2. The van der Waals surface area contributed by atoms with Gasteiger partial charge in [0.2, 0.25) is 5.91 Å². The number of rotatable bonds is 14. The molecule has 2 saturated heterocycles. The molecule has 1 aromatic rings. The molecule has 1 unspecified atom stereocenters. The monoisotopic (exact) mass is 429 g/mol. The summed E-state index contributed by atoms with van der Waals surface area (Å²) in [4.78, 5) is 27.9. The van der Waals surface area contributed by atoms with Gasteiger partial charge in [0.25, 0.3) is 0 Å². The lowest BCUT2D eigenvalue weighted by atomic mass is 9.74. The van der Waals surface area contributed by atoms with Crippen molar-refractivity contribution in [3.8, 4) is 5.75 Å². The van der Waals surface area contributed by atoms with Crippen LogP contribution in [0.25, 0.3) is 0 Å². The molecule has 0 radical (unpaired) electrons. The fourth-order valence-corrected chi connectivity index (χ4v) is 5.24. The number of amides is 1. The van der Waals surface area contributed by atoms with Gasteiger partial charge in [-0.25, -0.2) is 4.79 Å². The quantitative estimate of drug-likeness (QED) is 0.283. The van der Waals surface area contributed by atoms with Crippen molar-refractivity contribution in [3.05, 3.63) is 29.8 Å². The number of likely N-dealkylation sites (tertiary alicyclic amines) is 1. The molecule has 1 aromatic carbocycles. The summed E-state index contributed by atoms with van der Waals surface area (Å²) in [5, 5.41) is 0. The number of carbonyl (C=O) groups excluding carboxylic acids is 2. The molecule has 0 N–H and O–H groups in total. The highest BCUT2D eigenvalue weighted by molar-refractivity contribution is 5.97. The summed E-state index contributed by atoms with van der Waals surface area (Å²) in [6, 6.07) is 7.31. The van der Waals surface area contributed by atoms with Gasteiger partial charge in [-0.1, -0.05) is 77.3 Å². The average Bonchev–Trinajstić information content (AvgIpc) is 2.94. The molecule has 0 spiro atoms. The van der Waals surface area contributed by atoms with E-state index < -0.39 is 11.6 Å². The highest BCUT2D eigenvalue weighted by Crippen LogP contribution is 2.51. The zero-order valence-corrected chi connectivity index (χ0v) is 19.5. The second-order valence-electron chi connectivity index (χ2n) is 9.16. The van der Waals surface area contributed by atoms with E-state index in [0.29, 0.717) is 6.54 Å². The Morgan fingerprint density at radius 1 is 0.935 bits per heavy atom. The first-order chi connectivity index (χ1) is 15.1. The zero-order valence-electron chi connectivity index (χ0n) is 19.5. The molecule has 3 rings (SSSR count). The minimum absolute atomic E-state index is 0.0942. The van der Waals surface area contributed by atoms with Gasteiger partial charge in [0.05, 0.1) is 13.0 Å². The van der Waals surface area contributed by atoms with Crippen LogP contribution < -0.4 is 4.74 Å². The van der Waals surface area contributed by atoms with Crippen LogP contribution in [0.5, 0.6) is 5.75 Å². The lowest BCUT2D eigenvalue weighted by molar-refractivity contribution is -0.212. The summed E-state index contributed by atoms with van der Waals surface area (Å²) in [6.45, 7) is 4.85. The number of carbonyl (C=O) groups is 2. The van der Waals surface area contributed by atoms with E-state index in [2.05, 4.69) is 13.8 Å². The van der Waals surface area contributed by atoms with Crippen molar-refractivity contribution >= 4 is 11.9 Å². The maximum absolute atomic E-state index is 13.5. The van der Waals surface area contributed by atoms with Crippen LogP contribution in [0.4, 0.5) is 0 Å². The maximum Gasteiger partial charge on any atom is 0.333 e. The van der Waals surface area contributed by atoms with E-state index in [9.17, 15) is 9.59 Å². The molecule has 2 aliphatic rings. The van der Waals surface area contributed by atoms with Crippen molar-refractivity contribution in [2.24, 2.45) is 5.92 Å². The fourth-order valence-electron chi connectivity index (χ4n) is 5.24. The summed E-state index contributed by atoms with van der Waals surface area (Å²) >= 11 is 0. The molecule has 2 aliphatic heterocycles. The minimum Gasteiger partial charge on any atom is -0.497 e. The molecule has 172 valence electrons. The van der Waals surface area contributed by atoms with Crippen LogP contribution in [0.15, 0.2) is 24.3 Å². The summed E-state index contributed by atoms with van der Waals surface area (Å²) in [5.74, 6) is 0.453. The van der Waals surface area contributed by atoms with Crippen molar-refractivity contribution < 1.29 is 19.1 Å². The lowest BCUT2D eigenvalue weighted by Gasteiger charge is -2.47. The number of methoxy groups -OCH3 is 1. The second kappa shape index (κ2) is 11.0. The Kier molecular flexibility index (Phi) is 8.39. The van der Waals surface area contributed by atoms with Gasteiger partial charge in [0.1, 0.15) is 5.75 Å². The standard InChI is InChI=1S/C26H39NO4/c1-4-6-8-10-12-18-26-22(13-11-9-7-5-2)24(28)27(23(26)25(29)31-26)19-20-14-16-21(30-3)17-15-20/h14-17,22-23H,4-13,18-19H2,1-3H3/t22?,23-,26-/m0/s1. The highest BCUT2D eigenvalue weighted by atomic mass is 16.6. The van der Waals surface area contributed by atoms with Gasteiger partial charge in [-0.15, -0.1) is 0 Å². The fraction of sp³-hybridized carbons (Fsp3) is 0.692. The average molecular weight is 430 g/mol. The number of unbranched alkanes of at least 4 members (excludes halogenated alkanes) is 7. The first-order valence-electron chi connectivity index (χ1n) is 12.2. The van der Waals surface area contributed by atoms with Gasteiger partial charge in [0.15, 0.2) is 11.6 Å². The number of nitrogens with zero attached hydrogens (tertiary/aromatic N) is 1. The summed E-state index contributed by atoms with van der Waals surface area (Å²) in [6.07, 6.45) is 11.9. The van der Waals surface area contributed by atoms with E-state index in [-0.39, 0.29) is 17.8 Å². The SMILES string of the molecule is CCCCCCC[C@@]12OC(=O)[C@@H]1N(Cc1ccc(OC)cc1)C(=O)C2CCCCCC. The van der Waals surface area contributed by atoms with E-state index in [1.165, 1.54) is 32.1 Å². The Hall–Kier alpha value is -2.04. The van der Waals surface area contributed by atoms with Gasteiger partial charge >= 0.3 is 5.97 Å². The molecule has 5 heteroatoms. The molecule has 0 aromatic heterocycles. The smallest absolute Gasteiger partial charge is 0.333 e. The van der Waals surface area contributed by atoms with E-state index in [4.69, 9.17) is 9.47 Å². The van der Waals surface area contributed by atoms with Gasteiger partial charge in [0, 0.05) is 6.54 Å². The Bertz CT molecular complexity index is 731. The molecule has 0 bridgehead atoms. The third-order valence-electron chi connectivity index (χ3n) is 6.99. The zero-order chi connectivity index (χ0) is 22.3. The normalized spacial score (nSPS) is 24.7. The summed E-state index contributed by atoms with van der Waals surface area (Å²) in [5.41, 5.74) is 0.399. The van der Waals surface area contributed by atoms with Crippen LogP contribution in [0.1, 0.15) is 90.0 Å². The second-order valence-corrected chi connectivity index (χ2v) is 9.16. The predicted octanol–water partition coefficient (Wildman–Crippen LogP) is 5.65. The molecular weight excluding hydrogens is 390 g/mol. The number of esters is 1. The van der Waals surface area contributed by atoms with Crippen LogP contribution in [0.2, 0.25) is 0 Å². The topological polar surface area (TPSA) is 55.8 Å². The first-order valence-corrected chi connectivity index (χ1v) is 12.2. The minimum atomic E-state index is -0.612. The van der Waals surface area contributed by atoms with Crippen LogP contribution in [0.3, 0.4) is 0 Å². The van der Waals surface area contributed by atoms with Crippen molar-refractivity contribution in [1.82, 2.24) is 4.90 Å². The lowest BCUT2D eigenvalue weighted by Crippen LogP contribution is -2.65. The van der Waals surface area contributed by atoms with Gasteiger partial charge in [-0.05, 0) is 37.0 Å². The molecule has 0 saturated carbocycles. The van der Waals surface area contributed by atoms with E-state index >= 15 is 0 Å². The summed E-state index contributed by atoms with van der Waals surface area (Å²) < 4.78 is 11.1. The Labute approximate surface area is 187 Å². The number of benzene rings is 1. The van der Waals surface area contributed by atoms with E-state index in [1.807, 2.05) is 24.3 Å². The third kappa shape index (κ3) is 5.07. The molecular formula is C26H39NO4. The van der Waals surface area contributed by atoms with Crippen LogP contribution >= 0.6 is 0 Å².